The molecule has 1 heterocycles. The lowest BCUT2D eigenvalue weighted by molar-refractivity contribution is -0.144. The number of carboxylic acids is 1. The fourth-order valence-corrected chi connectivity index (χ4v) is 3.80. The Kier molecular flexibility index (Phi) is 3.53. The Balaban J connectivity index is 1.65. The summed E-state index contributed by atoms with van der Waals surface area (Å²) in [6, 6.07) is 1.20. The lowest BCUT2D eigenvalue weighted by Crippen LogP contribution is -2.48. The van der Waals surface area contributed by atoms with Gasteiger partial charge in [-0.05, 0) is 49.7 Å². The lowest BCUT2D eigenvalue weighted by Gasteiger charge is -2.28. The minimum atomic E-state index is -0.801. The molecule has 0 aromatic carbocycles. The molecule has 6 nitrogen and oxygen atoms in total. The van der Waals surface area contributed by atoms with Crippen LogP contribution in [0.3, 0.4) is 0 Å². The summed E-state index contributed by atoms with van der Waals surface area (Å²) in [7, 11) is 0. The van der Waals surface area contributed by atoms with Gasteiger partial charge < -0.3 is 15.7 Å². The summed E-state index contributed by atoms with van der Waals surface area (Å²) in [5.74, 6) is -0.759. The van der Waals surface area contributed by atoms with Crippen LogP contribution in [0, 0.1) is 24.7 Å². The van der Waals surface area contributed by atoms with Crippen LogP contribution in [0.1, 0.15) is 24.8 Å². The van der Waals surface area contributed by atoms with Crippen LogP contribution in [0.4, 0.5) is 10.5 Å². The molecular formula is C15H19N3O3. The van der Waals surface area contributed by atoms with Gasteiger partial charge in [-0.15, -0.1) is 0 Å². The van der Waals surface area contributed by atoms with Crippen LogP contribution in [0.5, 0.6) is 0 Å². The van der Waals surface area contributed by atoms with Crippen molar-refractivity contribution in [1.82, 2.24) is 10.3 Å². The van der Waals surface area contributed by atoms with Crippen LogP contribution in [0.25, 0.3) is 0 Å². The molecule has 2 amide bonds. The van der Waals surface area contributed by atoms with Crippen molar-refractivity contribution >= 4 is 17.7 Å². The fourth-order valence-electron chi connectivity index (χ4n) is 3.80. The van der Waals surface area contributed by atoms with Gasteiger partial charge in [0.25, 0.3) is 0 Å². The second kappa shape index (κ2) is 5.35. The molecule has 0 saturated heterocycles. The van der Waals surface area contributed by atoms with E-state index in [-0.39, 0.29) is 23.9 Å². The van der Waals surface area contributed by atoms with Crippen LogP contribution < -0.4 is 10.6 Å². The van der Waals surface area contributed by atoms with E-state index in [0.29, 0.717) is 5.69 Å². The van der Waals surface area contributed by atoms with Gasteiger partial charge in [-0.1, -0.05) is 0 Å². The van der Waals surface area contributed by atoms with E-state index in [1.807, 2.05) is 13.0 Å². The van der Waals surface area contributed by atoms with E-state index in [4.69, 9.17) is 0 Å². The maximum Gasteiger partial charge on any atom is 0.319 e. The second-order valence-electron chi connectivity index (χ2n) is 6.07. The number of aryl methyl sites for hydroxylation is 1. The molecule has 0 aliphatic heterocycles. The standard InChI is InChI=1S/C15H19N3O3/c1-8-4-11(7-16-6-8)17-15(21)18-13-10-3-2-9(5-10)12(13)14(19)20/h4,6-7,9-10,12-13H,2-3,5H2,1H3,(H,19,20)(H2,17,18,21). The summed E-state index contributed by atoms with van der Waals surface area (Å²) in [6.07, 6.45) is 6.16. The van der Waals surface area contributed by atoms with Gasteiger partial charge in [0.05, 0.1) is 17.8 Å². The Labute approximate surface area is 123 Å². The highest BCUT2D eigenvalue weighted by Gasteiger charge is 2.51. The van der Waals surface area contributed by atoms with E-state index in [0.717, 1.165) is 24.8 Å². The van der Waals surface area contributed by atoms with Crippen LogP contribution in [-0.2, 0) is 4.79 Å². The first-order chi connectivity index (χ1) is 10.0. The van der Waals surface area contributed by atoms with Gasteiger partial charge >= 0.3 is 12.0 Å². The van der Waals surface area contributed by atoms with Gasteiger partial charge in [-0.25, -0.2) is 4.79 Å². The molecule has 4 unspecified atom stereocenters. The first-order valence-corrected chi connectivity index (χ1v) is 7.26. The Hall–Kier alpha value is -2.11. The van der Waals surface area contributed by atoms with Crippen molar-refractivity contribution in [2.45, 2.75) is 32.2 Å². The molecule has 2 aliphatic rings. The maximum atomic E-state index is 12.1. The third kappa shape index (κ3) is 2.70. The first kappa shape index (κ1) is 13.9. The van der Waals surface area contributed by atoms with Crippen molar-refractivity contribution in [2.75, 3.05) is 5.32 Å². The summed E-state index contributed by atoms with van der Waals surface area (Å²) in [6.45, 7) is 1.90. The van der Waals surface area contributed by atoms with E-state index >= 15 is 0 Å². The van der Waals surface area contributed by atoms with E-state index < -0.39 is 11.9 Å². The number of fused-ring (bicyclic) bond motifs is 2. The number of aliphatic carboxylic acids is 1. The zero-order valence-corrected chi connectivity index (χ0v) is 11.9. The molecule has 3 N–H and O–H groups in total. The van der Waals surface area contributed by atoms with Crippen LogP contribution >= 0.6 is 0 Å². The van der Waals surface area contributed by atoms with Crippen LogP contribution in [0.2, 0.25) is 0 Å². The Morgan fingerprint density at radius 2 is 2.05 bits per heavy atom. The van der Waals surface area contributed by atoms with Crippen molar-refractivity contribution < 1.29 is 14.7 Å². The molecule has 0 radical (unpaired) electrons. The second-order valence-corrected chi connectivity index (χ2v) is 6.07. The molecule has 2 saturated carbocycles. The van der Waals surface area contributed by atoms with Gasteiger partial charge in [-0.2, -0.15) is 0 Å². The monoisotopic (exact) mass is 289 g/mol. The molecule has 0 spiro atoms. The van der Waals surface area contributed by atoms with E-state index in [9.17, 15) is 14.7 Å². The van der Waals surface area contributed by atoms with Gasteiger partial charge in [0.15, 0.2) is 0 Å². The summed E-state index contributed by atoms with van der Waals surface area (Å²) in [4.78, 5) is 27.5. The number of carboxylic acid groups (broad SMARTS) is 1. The van der Waals surface area contributed by atoms with Crippen LogP contribution in [-0.4, -0.2) is 28.1 Å². The fraction of sp³-hybridized carbons (Fsp3) is 0.533. The molecule has 21 heavy (non-hydrogen) atoms. The van der Waals surface area contributed by atoms with Crippen molar-refractivity contribution in [2.24, 2.45) is 17.8 Å². The van der Waals surface area contributed by atoms with Crippen molar-refractivity contribution in [3.05, 3.63) is 24.0 Å². The average Bonchev–Trinajstić information content (AvgIpc) is 2.99. The predicted molar refractivity (Wildman–Crippen MR) is 76.9 cm³/mol. The Bertz CT molecular complexity index is 575. The number of pyridine rings is 1. The SMILES string of the molecule is Cc1cncc(NC(=O)NC2C3CCC(C3)C2C(=O)O)c1. The number of carbonyl (C=O) groups is 2. The molecule has 1 aromatic heterocycles. The predicted octanol–water partition coefficient (Wildman–Crippen LogP) is 2.01. The molecule has 6 heteroatoms. The third-order valence-corrected chi connectivity index (χ3v) is 4.63. The number of hydrogen-bond acceptors (Lipinski definition) is 3. The molecule has 2 fully saturated rings. The van der Waals surface area contributed by atoms with Gasteiger partial charge in [0.1, 0.15) is 0 Å². The third-order valence-electron chi connectivity index (χ3n) is 4.63. The number of urea groups is 1. The summed E-state index contributed by atoms with van der Waals surface area (Å²) in [5, 5.41) is 14.9. The molecule has 4 atom stereocenters. The molecule has 1 aromatic rings. The minimum Gasteiger partial charge on any atom is -0.481 e. The average molecular weight is 289 g/mol. The molecule has 112 valence electrons. The summed E-state index contributed by atoms with van der Waals surface area (Å²) < 4.78 is 0. The van der Waals surface area contributed by atoms with E-state index in [2.05, 4.69) is 15.6 Å². The van der Waals surface area contributed by atoms with Gasteiger partial charge in [0, 0.05) is 12.2 Å². The highest BCUT2D eigenvalue weighted by molar-refractivity contribution is 5.90. The summed E-state index contributed by atoms with van der Waals surface area (Å²) >= 11 is 0. The van der Waals surface area contributed by atoms with Crippen molar-refractivity contribution in [1.29, 1.82) is 0 Å². The Morgan fingerprint density at radius 1 is 1.29 bits per heavy atom. The number of nitrogens with zero attached hydrogens (tertiary/aromatic N) is 1. The normalized spacial score (nSPS) is 30.1. The smallest absolute Gasteiger partial charge is 0.319 e. The van der Waals surface area contributed by atoms with Crippen LogP contribution in [0.15, 0.2) is 18.5 Å². The number of amides is 2. The van der Waals surface area contributed by atoms with Crippen molar-refractivity contribution in [3.8, 4) is 0 Å². The highest BCUT2D eigenvalue weighted by Crippen LogP contribution is 2.48. The summed E-state index contributed by atoms with van der Waals surface area (Å²) in [5.41, 5.74) is 1.57. The molecule has 2 aliphatic carbocycles. The zero-order chi connectivity index (χ0) is 15.0. The number of aromatic nitrogens is 1. The van der Waals surface area contributed by atoms with Gasteiger partial charge in [0.2, 0.25) is 0 Å². The lowest BCUT2D eigenvalue weighted by atomic mass is 9.84. The van der Waals surface area contributed by atoms with E-state index in [1.54, 1.807) is 12.4 Å². The quantitative estimate of drug-likeness (QED) is 0.793. The van der Waals surface area contributed by atoms with E-state index in [1.165, 1.54) is 0 Å². The first-order valence-electron chi connectivity index (χ1n) is 7.26. The zero-order valence-electron chi connectivity index (χ0n) is 11.9. The molecule has 2 bridgehead atoms. The number of anilines is 1. The number of rotatable bonds is 3. The minimum absolute atomic E-state index is 0.207. The van der Waals surface area contributed by atoms with Gasteiger partial charge in [-0.3, -0.25) is 9.78 Å². The highest BCUT2D eigenvalue weighted by atomic mass is 16.4. The number of carbonyl (C=O) groups excluding carboxylic acids is 1. The molecule has 3 rings (SSSR count). The number of hydrogen-bond donors (Lipinski definition) is 3. The Morgan fingerprint density at radius 3 is 2.76 bits per heavy atom. The number of nitrogens with one attached hydrogen (secondary N) is 2. The molecular weight excluding hydrogens is 270 g/mol. The maximum absolute atomic E-state index is 12.1. The van der Waals surface area contributed by atoms with Crippen molar-refractivity contribution in [3.63, 3.8) is 0 Å². The largest absolute Gasteiger partial charge is 0.481 e. The topological polar surface area (TPSA) is 91.3 Å².